The average molecular weight is 779 g/mol. The van der Waals surface area contributed by atoms with E-state index in [1.807, 2.05) is 73.1 Å². The van der Waals surface area contributed by atoms with Crippen LogP contribution in [0.1, 0.15) is 20.3 Å². The van der Waals surface area contributed by atoms with E-state index in [4.69, 9.17) is 0 Å². The molecule has 8 aromatic rings. The van der Waals surface area contributed by atoms with Crippen molar-refractivity contribution < 1.29 is 29.7 Å². The molecule has 0 saturated carbocycles. The van der Waals surface area contributed by atoms with Gasteiger partial charge in [0.2, 0.25) is 0 Å². The number of hydrogen-bond acceptors (Lipinski definition) is 4. The maximum atomic E-state index is 10.0. The molecule has 4 heterocycles. The number of Topliss-reactive ketones (excluding diaryl/α,β-unsaturated/α-hetero) is 2. The summed E-state index contributed by atoms with van der Waals surface area (Å²) in [5.74, 6) is 1.73. The smallest absolute Gasteiger partial charge is 0.319 e. The standard InChI is InChI=1S/2C17H11N2.C5H8O2.Ir/c2*1-3-9-15-13(7-1)14-8-2-4-10-16(14)19(15)17-11-5-6-12-18-17;1-4(6)3-5(2)7;/h2*1-9,11-12H;3H2,1-2H3;/q2*-1;;+3. The molecule has 0 aliphatic rings. The third-order valence-corrected chi connectivity index (χ3v) is 7.24. The van der Waals surface area contributed by atoms with Crippen LogP contribution in [-0.4, -0.2) is 30.7 Å². The Morgan fingerprint density at radius 1 is 0.543 bits per heavy atom. The van der Waals surface area contributed by atoms with Gasteiger partial charge >= 0.3 is 20.1 Å². The molecule has 8 rings (SSSR count). The van der Waals surface area contributed by atoms with E-state index in [0.717, 1.165) is 22.7 Å². The molecular formula is C39H30IrN4O2+. The second kappa shape index (κ2) is 14.7. The minimum absolute atomic E-state index is 0. The molecule has 46 heavy (non-hydrogen) atoms. The summed E-state index contributed by atoms with van der Waals surface area (Å²) in [6.45, 7) is 2.81. The van der Waals surface area contributed by atoms with Crippen molar-refractivity contribution in [1.82, 2.24) is 19.1 Å². The van der Waals surface area contributed by atoms with Crippen LogP contribution in [0.2, 0.25) is 0 Å². The summed E-state index contributed by atoms with van der Waals surface area (Å²) in [4.78, 5) is 29.0. The molecule has 0 amide bonds. The van der Waals surface area contributed by atoms with Gasteiger partial charge in [-0.2, -0.15) is 48.5 Å². The predicted molar refractivity (Wildman–Crippen MR) is 181 cm³/mol. The van der Waals surface area contributed by atoms with Gasteiger partial charge in [0.1, 0.15) is 23.2 Å². The molecule has 0 atom stereocenters. The molecule has 4 aromatic carbocycles. The summed E-state index contributed by atoms with van der Waals surface area (Å²) < 4.78 is 4.31. The van der Waals surface area contributed by atoms with Crippen molar-refractivity contribution in [2.24, 2.45) is 0 Å². The number of hydrogen-bond donors (Lipinski definition) is 0. The Kier molecular flexibility index (Phi) is 10.3. The van der Waals surface area contributed by atoms with Gasteiger partial charge in [0.25, 0.3) is 0 Å². The Morgan fingerprint density at radius 3 is 1.30 bits per heavy atom. The molecule has 4 aromatic heterocycles. The average Bonchev–Trinajstić information content (AvgIpc) is 3.59. The molecule has 0 fully saturated rings. The van der Waals surface area contributed by atoms with Crippen molar-refractivity contribution in [3.05, 3.63) is 146 Å². The zero-order chi connectivity index (χ0) is 31.2. The SMILES string of the molecule is CC(=O)CC(C)=O.[Ir+3].[c-]1cccc2c3ccccc3n(-c3ccccn3)c12.[c-]1cccc2c3ccccc3n(-c3ccccn3)c12. The number of fused-ring (bicyclic) bond motifs is 6. The minimum atomic E-state index is -0.0625. The predicted octanol–water partition coefficient (Wildman–Crippen LogP) is 8.51. The maximum absolute atomic E-state index is 10.0. The number of carbonyl (C=O) groups is 2. The van der Waals surface area contributed by atoms with E-state index in [2.05, 4.69) is 91.9 Å². The van der Waals surface area contributed by atoms with Gasteiger partial charge in [-0.3, -0.25) is 9.59 Å². The van der Waals surface area contributed by atoms with Crippen LogP contribution in [0.25, 0.3) is 55.2 Å². The topological polar surface area (TPSA) is 69.8 Å². The van der Waals surface area contributed by atoms with Crippen molar-refractivity contribution in [2.75, 3.05) is 0 Å². The summed E-state index contributed by atoms with van der Waals surface area (Å²) >= 11 is 0. The normalized spacial score (nSPS) is 10.5. The fraction of sp³-hybridized carbons (Fsp3) is 0.0769. The molecular weight excluding hydrogens is 749 g/mol. The summed E-state index contributed by atoms with van der Waals surface area (Å²) in [5.41, 5.74) is 4.47. The number of nitrogens with zero attached hydrogens (tertiary/aromatic N) is 4. The Labute approximate surface area is 280 Å². The van der Waals surface area contributed by atoms with E-state index in [1.165, 1.54) is 46.4 Å². The number of aromatic nitrogens is 4. The van der Waals surface area contributed by atoms with Crippen molar-refractivity contribution in [3.8, 4) is 11.6 Å². The van der Waals surface area contributed by atoms with Crippen LogP contribution in [0.4, 0.5) is 0 Å². The van der Waals surface area contributed by atoms with E-state index in [0.29, 0.717) is 0 Å². The molecule has 0 radical (unpaired) electrons. The van der Waals surface area contributed by atoms with E-state index >= 15 is 0 Å². The van der Waals surface area contributed by atoms with E-state index in [1.54, 1.807) is 0 Å². The zero-order valence-electron chi connectivity index (χ0n) is 25.3. The van der Waals surface area contributed by atoms with Crippen molar-refractivity contribution in [3.63, 3.8) is 0 Å². The van der Waals surface area contributed by atoms with Crippen molar-refractivity contribution in [1.29, 1.82) is 0 Å². The molecule has 0 unspecified atom stereocenters. The van der Waals surface area contributed by atoms with Gasteiger partial charge in [0.15, 0.2) is 0 Å². The molecule has 0 spiro atoms. The number of pyridine rings is 2. The monoisotopic (exact) mass is 779 g/mol. The Bertz CT molecular complexity index is 1990. The number of carbonyl (C=O) groups excluding carboxylic acids is 2. The number of para-hydroxylation sites is 4. The minimum Gasteiger partial charge on any atom is -0.319 e. The van der Waals surface area contributed by atoms with Crippen LogP contribution < -0.4 is 0 Å². The van der Waals surface area contributed by atoms with Crippen molar-refractivity contribution in [2.45, 2.75) is 20.3 Å². The molecule has 226 valence electrons. The Morgan fingerprint density at radius 2 is 0.935 bits per heavy atom. The fourth-order valence-corrected chi connectivity index (χ4v) is 5.49. The number of ketones is 2. The second-order valence-corrected chi connectivity index (χ2v) is 10.5. The van der Waals surface area contributed by atoms with Gasteiger partial charge < -0.3 is 9.13 Å². The van der Waals surface area contributed by atoms with Crippen LogP contribution in [0.15, 0.2) is 134 Å². The first kappa shape index (κ1) is 32.2. The van der Waals surface area contributed by atoms with Crippen LogP contribution in [0.3, 0.4) is 0 Å². The van der Waals surface area contributed by atoms with Gasteiger partial charge in [-0.25, -0.2) is 9.97 Å². The fourth-order valence-electron chi connectivity index (χ4n) is 5.49. The van der Waals surface area contributed by atoms with Gasteiger partial charge in [-0.1, -0.05) is 59.6 Å². The molecule has 0 aliphatic heterocycles. The maximum Gasteiger partial charge on any atom is 3.00 e. The van der Waals surface area contributed by atoms with Crippen LogP contribution in [-0.2, 0) is 29.7 Å². The second-order valence-electron chi connectivity index (χ2n) is 10.5. The Balaban J connectivity index is 0.000000149. The third kappa shape index (κ3) is 6.71. The van der Waals surface area contributed by atoms with Gasteiger partial charge in [-0.05, 0) is 61.0 Å². The molecule has 6 nitrogen and oxygen atoms in total. The number of rotatable bonds is 4. The summed E-state index contributed by atoms with van der Waals surface area (Å²) in [6, 6.07) is 47.6. The largest absolute Gasteiger partial charge is 3.00 e. The summed E-state index contributed by atoms with van der Waals surface area (Å²) in [7, 11) is 0. The molecule has 0 bridgehead atoms. The van der Waals surface area contributed by atoms with E-state index in [9.17, 15) is 9.59 Å². The zero-order valence-corrected chi connectivity index (χ0v) is 27.7. The van der Waals surface area contributed by atoms with Crippen molar-refractivity contribution >= 4 is 55.2 Å². The van der Waals surface area contributed by atoms with Gasteiger partial charge in [-0.15, -0.1) is 10.8 Å². The first-order valence-electron chi connectivity index (χ1n) is 14.6. The quantitative estimate of drug-likeness (QED) is 0.133. The van der Waals surface area contributed by atoms with Gasteiger partial charge in [0.05, 0.1) is 6.42 Å². The molecule has 0 aliphatic carbocycles. The van der Waals surface area contributed by atoms with Crippen LogP contribution in [0, 0.1) is 12.1 Å². The summed E-state index contributed by atoms with van der Waals surface area (Å²) in [5, 5.41) is 4.90. The molecule has 0 saturated heterocycles. The summed E-state index contributed by atoms with van der Waals surface area (Å²) in [6.07, 6.45) is 3.72. The first-order chi connectivity index (χ1) is 22.0. The van der Waals surface area contributed by atoms with E-state index in [-0.39, 0.29) is 38.1 Å². The van der Waals surface area contributed by atoms with Crippen LogP contribution >= 0.6 is 0 Å². The first-order valence-corrected chi connectivity index (χ1v) is 14.6. The van der Waals surface area contributed by atoms with Gasteiger partial charge in [0, 0.05) is 23.4 Å². The third-order valence-electron chi connectivity index (χ3n) is 7.24. The number of benzene rings is 4. The van der Waals surface area contributed by atoms with E-state index < -0.39 is 0 Å². The van der Waals surface area contributed by atoms with Crippen LogP contribution in [0.5, 0.6) is 0 Å². The molecule has 0 N–H and O–H groups in total. The Hall–Kier alpha value is -5.23. The molecule has 7 heteroatoms.